The number of nitrogens with two attached hydrogens (primary N) is 1. The van der Waals surface area contributed by atoms with E-state index < -0.39 is 5.54 Å². The van der Waals surface area contributed by atoms with E-state index in [0.29, 0.717) is 5.92 Å². The van der Waals surface area contributed by atoms with Gasteiger partial charge in [-0.1, -0.05) is 0 Å². The van der Waals surface area contributed by atoms with Crippen molar-refractivity contribution in [2.24, 2.45) is 5.73 Å². The van der Waals surface area contributed by atoms with Gasteiger partial charge in [-0.15, -0.1) is 12.4 Å². The van der Waals surface area contributed by atoms with Crippen molar-refractivity contribution < 1.29 is 4.79 Å². The molecular formula is C18H28ClN5O. The number of anilines is 1. The predicted molar refractivity (Wildman–Crippen MR) is 104 cm³/mol. The van der Waals surface area contributed by atoms with E-state index in [9.17, 15) is 4.79 Å². The normalized spacial score (nSPS) is 16.0. The largest absolute Gasteiger partial charge is 0.361 e. The molecule has 3 heterocycles. The number of hydrogen-bond acceptors (Lipinski definition) is 4. The molecule has 0 bridgehead atoms. The number of carbonyl (C=O) groups is 1. The molecular weight excluding hydrogens is 338 g/mol. The molecule has 2 N–H and O–H groups in total. The summed E-state index contributed by atoms with van der Waals surface area (Å²) in [6.07, 6.45) is 6.03. The molecule has 1 amide bonds. The molecule has 0 spiro atoms. The highest BCUT2D eigenvalue weighted by Gasteiger charge is 2.31. The zero-order chi connectivity index (χ0) is 17.5. The molecule has 0 saturated carbocycles. The summed E-state index contributed by atoms with van der Waals surface area (Å²) in [4.78, 5) is 21.1. The second-order valence-corrected chi connectivity index (χ2v) is 7.47. The fraction of sp³-hybridized carbons (Fsp3) is 0.556. The maximum atomic E-state index is 12.3. The van der Waals surface area contributed by atoms with Crippen LogP contribution in [0.5, 0.6) is 0 Å². The molecule has 2 aromatic heterocycles. The monoisotopic (exact) mass is 365 g/mol. The number of piperidine rings is 1. The van der Waals surface area contributed by atoms with Gasteiger partial charge in [0.15, 0.2) is 5.82 Å². The van der Waals surface area contributed by atoms with Gasteiger partial charge < -0.3 is 19.9 Å². The van der Waals surface area contributed by atoms with E-state index in [1.165, 1.54) is 0 Å². The Hall–Kier alpha value is -1.79. The number of hydrogen-bond donors (Lipinski definition) is 1. The lowest BCUT2D eigenvalue weighted by Gasteiger charge is -2.35. The minimum atomic E-state index is -0.798. The number of rotatable bonds is 3. The zero-order valence-corrected chi connectivity index (χ0v) is 16.2. The van der Waals surface area contributed by atoms with Gasteiger partial charge >= 0.3 is 0 Å². The van der Waals surface area contributed by atoms with Crippen molar-refractivity contribution >= 4 is 29.6 Å². The summed E-state index contributed by atoms with van der Waals surface area (Å²) in [7, 11) is 4.04. The summed E-state index contributed by atoms with van der Waals surface area (Å²) < 4.78 is 2.14. The molecule has 0 aliphatic carbocycles. The van der Waals surface area contributed by atoms with Crippen molar-refractivity contribution in [3.63, 3.8) is 0 Å². The van der Waals surface area contributed by atoms with Crippen molar-refractivity contribution in [2.45, 2.75) is 38.1 Å². The topological polar surface area (TPSA) is 66.9 Å². The molecule has 2 aromatic rings. The standard InChI is InChI=1S/C18H27N5O.ClH/c1-18(2,19)17(24)22-10-7-13(8-11-22)14-12-23-9-5-6-15(23)16(20-14)21(3)4;/h5-6,9,12-13H,7-8,10-11,19H2,1-4H3;1H. The van der Waals surface area contributed by atoms with Crippen molar-refractivity contribution in [3.05, 3.63) is 30.2 Å². The highest BCUT2D eigenvalue weighted by atomic mass is 35.5. The molecule has 0 radical (unpaired) electrons. The Morgan fingerprint density at radius 3 is 2.52 bits per heavy atom. The van der Waals surface area contributed by atoms with Crippen LogP contribution in [-0.4, -0.2) is 52.9 Å². The summed E-state index contributed by atoms with van der Waals surface area (Å²) >= 11 is 0. The molecule has 138 valence electrons. The van der Waals surface area contributed by atoms with Gasteiger partial charge in [0.2, 0.25) is 5.91 Å². The Bertz CT molecular complexity index is 741. The Morgan fingerprint density at radius 2 is 1.96 bits per heavy atom. The number of carbonyl (C=O) groups excluding carboxylic acids is 1. The quantitative estimate of drug-likeness (QED) is 0.906. The number of halogens is 1. The maximum absolute atomic E-state index is 12.3. The molecule has 1 aliphatic heterocycles. The van der Waals surface area contributed by atoms with Crippen LogP contribution in [0.2, 0.25) is 0 Å². The molecule has 6 nitrogen and oxygen atoms in total. The van der Waals surface area contributed by atoms with E-state index in [4.69, 9.17) is 10.7 Å². The van der Waals surface area contributed by atoms with Crippen molar-refractivity contribution in [2.75, 3.05) is 32.1 Å². The average molecular weight is 366 g/mol. The fourth-order valence-electron chi connectivity index (χ4n) is 3.36. The van der Waals surface area contributed by atoms with Crippen LogP contribution >= 0.6 is 12.4 Å². The van der Waals surface area contributed by atoms with Gasteiger partial charge in [-0.05, 0) is 38.8 Å². The van der Waals surface area contributed by atoms with E-state index in [-0.39, 0.29) is 18.3 Å². The fourth-order valence-corrected chi connectivity index (χ4v) is 3.36. The third-order valence-corrected chi connectivity index (χ3v) is 4.69. The van der Waals surface area contributed by atoms with E-state index in [0.717, 1.165) is 43.0 Å². The summed E-state index contributed by atoms with van der Waals surface area (Å²) in [5.41, 5.74) is 7.36. The molecule has 25 heavy (non-hydrogen) atoms. The van der Waals surface area contributed by atoms with Crippen LogP contribution in [0.15, 0.2) is 24.5 Å². The minimum Gasteiger partial charge on any atom is -0.361 e. The summed E-state index contributed by atoms with van der Waals surface area (Å²) in [5.74, 6) is 1.39. The summed E-state index contributed by atoms with van der Waals surface area (Å²) in [5, 5.41) is 0. The molecule has 0 unspecified atom stereocenters. The highest BCUT2D eigenvalue weighted by Crippen LogP contribution is 2.30. The third kappa shape index (κ3) is 3.90. The van der Waals surface area contributed by atoms with Crippen LogP contribution in [0, 0.1) is 0 Å². The first-order chi connectivity index (χ1) is 11.3. The Balaban J connectivity index is 0.00000225. The summed E-state index contributed by atoms with van der Waals surface area (Å²) in [6, 6.07) is 4.12. The number of amides is 1. The van der Waals surface area contributed by atoms with Crippen molar-refractivity contribution in [1.82, 2.24) is 14.3 Å². The van der Waals surface area contributed by atoms with Crippen LogP contribution in [0.3, 0.4) is 0 Å². The van der Waals surface area contributed by atoms with Gasteiger partial charge in [-0.2, -0.15) is 0 Å². The van der Waals surface area contributed by atoms with Gasteiger partial charge in [0.1, 0.15) is 0 Å². The van der Waals surface area contributed by atoms with Crippen LogP contribution in [0.25, 0.3) is 5.52 Å². The van der Waals surface area contributed by atoms with Gasteiger partial charge in [-0.25, -0.2) is 4.98 Å². The van der Waals surface area contributed by atoms with Gasteiger partial charge in [-0.3, -0.25) is 4.79 Å². The molecule has 1 saturated heterocycles. The van der Waals surface area contributed by atoms with E-state index in [1.54, 1.807) is 13.8 Å². The molecule has 1 aliphatic rings. The van der Waals surface area contributed by atoms with Crippen LogP contribution < -0.4 is 10.6 Å². The smallest absolute Gasteiger partial charge is 0.242 e. The van der Waals surface area contributed by atoms with Gasteiger partial charge in [0.25, 0.3) is 0 Å². The van der Waals surface area contributed by atoms with E-state index in [1.807, 2.05) is 25.1 Å². The predicted octanol–water partition coefficient (Wildman–Crippen LogP) is 2.27. The minimum absolute atomic E-state index is 0. The number of fused-ring (bicyclic) bond motifs is 1. The first-order valence-electron chi connectivity index (χ1n) is 8.50. The second-order valence-electron chi connectivity index (χ2n) is 7.47. The Kier molecular flexibility index (Phi) is 5.64. The lowest BCUT2D eigenvalue weighted by Crippen LogP contribution is -2.53. The average Bonchev–Trinajstić information content (AvgIpc) is 3.00. The molecule has 1 fully saturated rings. The SMILES string of the molecule is CN(C)c1nc(C2CCN(C(=O)C(C)(C)N)CC2)cn2cccc12.Cl. The Morgan fingerprint density at radius 1 is 1.32 bits per heavy atom. The molecule has 0 aromatic carbocycles. The van der Waals surface area contributed by atoms with Crippen LogP contribution in [0.4, 0.5) is 5.82 Å². The van der Waals surface area contributed by atoms with Crippen LogP contribution in [-0.2, 0) is 4.79 Å². The lowest BCUT2D eigenvalue weighted by atomic mass is 9.92. The van der Waals surface area contributed by atoms with Crippen molar-refractivity contribution in [3.8, 4) is 0 Å². The number of aromatic nitrogens is 2. The first-order valence-corrected chi connectivity index (χ1v) is 8.50. The van der Waals surface area contributed by atoms with E-state index in [2.05, 4.69) is 27.8 Å². The Labute approximate surface area is 155 Å². The summed E-state index contributed by atoms with van der Waals surface area (Å²) in [6.45, 7) is 5.03. The molecule has 3 rings (SSSR count). The van der Waals surface area contributed by atoms with Crippen molar-refractivity contribution in [1.29, 1.82) is 0 Å². The maximum Gasteiger partial charge on any atom is 0.242 e. The molecule has 0 atom stereocenters. The van der Waals surface area contributed by atoms with Gasteiger partial charge in [0.05, 0.1) is 16.7 Å². The van der Waals surface area contributed by atoms with Crippen LogP contribution in [0.1, 0.15) is 38.3 Å². The lowest BCUT2D eigenvalue weighted by molar-refractivity contribution is -0.136. The zero-order valence-electron chi connectivity index (χ0n) is 15.4. The number of nitrogens with zero attached hydrogens (tertiary/aromatic N) is 4. The molecule has 7 heteroatoms. The third-order valence-electron chi connectivity index (χ3n) is 4.69. The van der Waals surface area contributed by atoms with Gasteiger partial charge in [0, 0.05) is 45.5 Å². The first kappa shape index (κ1) is 19.5. The second kappa shape index (κ2) is 7.22. The van der Waals surface area contributed by atoms with E-state index >= 15 is 0 Å². The highest BCUT2D eigenvalue weighted by molar-refractivity contribution is 5.85. The number of likely N-dealkylation sites (tertiary alicyclic amines) is 1.